The largest absolute Gasteiger partial charge is 0.296 e. The molecular formula is C25H27Cl2FN4O3S. The highest BCUT2D eigenvalue weighted by atomic mass is 35.5. The van der Waals surface area contributed by atoms with Crippen LogP contribution in [0.2, 0.25) is 10.0 Å². The van der Waals surface area contributed by atoms with Crippen LogP contribution in [0.5, 0.6) is 0 Å². The summed E-state index contributed by atoms with van der Waals surface area (Å²) in [4.78, 5) is 14.9. The number of halogens is 3. The lowest BCUT2D eigenvalue weighted by Crippen LogP contribution is -2.36. The van der Waals surface area contributed by atoms with Gasteiger partial charge < -0.3 is 0 Å². The van der Waals surface area contributed by atoms with Crippen molar-refractivity contribution in [3.63, 3.8) is 0 Å². The molecule has 2 heterocycles. The van der Waals surface area contributed by atoms with Crippen LogP contribution in [0.3, 0.4) is 0 Å². The van der Waals surface area contributed by atoms with E-state index in [1.54, 1.807) is 13.0 Å². The molecule has 1 N–H and O–H groups in total. The fourth-order valence-corrected chi connectivity index (χ4v) is 6.79. The summed E-state index contributed by atoms with van der Waals surface area (Å²) >= 11 is 12.4. The number of nitrogens with one attached hydrogen (secondary N) is 1. The van der Waals surface area contributed by atoms with Gasteiger partial charge in [-0.1, -0.05) is 23.2 Å². The molecule has 11 heteroatoms. The number of fused-ring (bicyclic) bond motifs is 1. The van der Waals surface area contributed by atoms with Crippen LogP contribution in [0, 0.1) is 12.7 Å². The maximum Gasteiger partial charge on any atom is 0.267 e. The molecule has 1 atom stereocenters. The van der Waals surface area contributed by atoms with Crippen LogP contribution in [0.1, 0.15) is 66.3 Å². The molecule has 0 radical (unpaired) electrons. The summed E-state index contributed by atoms with van der Waals surface area (Å²) in [7, 11) is -3.77. The Labute approximate surface area is 219 Å². The third-order valence-corrected chi connectivity index (χ3v) is 9.44. The monoisotopic (exact) mass is 552 g/mol. The molecule has 2 fully saturated rings. The standard InChI is InChI=1S/C25H27Cl2FN4O3S/c1-14-21-12-22(25(33)30-36(34,35)20-3-4-20)23(28)13-24(21)32(29-14)19-5-7-31(8-6-19)15(2)16-9-17(26)11-18(27)10-16/h9-13,15,19-20H,3-8H2,1-2H3,(H,30,33)/t15-/m1/s1. The number of sulfonamides is 1. The van der Waals surface area contributed by atoms with Crippen molar-refractivity contribution in [3.8, 4) is 0 Å². The number of nitrogens with zero attached hydrogens (tertiary/aromatic N) is 3. The molecule has 36 heavy (non-hydrogen) atoms. The van der Waals surface area contributed by atoms with E-state index < -0.39 is 27.0 Å². The minimum Gasteiger partial charge on any atom is -0.296 e. The summed E-state index contributed by atoms with van der Waals surface area (Å²) in [5.74, 6) is -1.71. The SMILES string of the molecule is Cc1nn(C2CCN([C@H](C)c3cc(Cl)cc(Cl)c3)CC2)c2cc(F)c(C(=O)NS(=O)(=O)C3CC3)cc12. The molecule has 192 valence electrons. The first-order chi connectivity index (χ1) is 17.0. The molecule has 5 rings (SSSR count). The Morgan fingerprint density at radius 1 is 1.08 bits per heavy atom. The van der Waals surface area contributed by atoms with Crippen molar-refractivity contribution < 1.29 is 17.6 Å². The molecule has 1 saturated carbocycles. The van der Waals surface area contributed by atoms with Crippen LogP contribution in [-0.4, -0.2) is 47.3 Å². The molecule has 1 aromatic heterocycles. The summed E-state index contributed by atoms with van der Waals surface area (Å²) < 4.78 is 43.1. The van der Waals surface area contributed by atoms with E-state index in [9.17, 15) is 13.2 Å². The highest BCUT2D eigenvalue weighted by molar-refractivity contribution is 7.91. The number of carbonyl (C=O) groups is 1. The van der Waals surface area contributed by atoms with Crippen LogP contribution in [0.25, 0.3) is 10.9 Å². The minimum atomic E-state index is -3.77. The summed E-state index contributed by atoms with van der Waals surface area (Å²) in [5, 5.41) is 5.95. The first-order valence-corrected chi connectivity index (χ1v) is 14.3. The van der Waals surface area contributed by atoms with E-state index >= 15 is 4.39 Å². The van der Waals surface area contributed by atoms with Crippen molar-refractivity contribution in [1.82, 2.24) is 19.4 Å². The van der Waals surface area contributed by atoms with Gasteiger partial charge in [-0.2, -0.15) is 5.10 Å². The van der Waals surface area contributed by atoms with E-state index in [4.69, 9.17) is 23.2 Å². The summed E-state index contributed by atoms with van der Waals surface area (Å²) in [6.45, 7) is 5.57. The number of aryl methyl sites for hydroxylation is 1. The predicted octanol–water partition coefficient (Wildman–Crippen LogP) is 5.41. The molecule has 2 aliphatic rings. The van der Waals surface area contributed by atoms with Crippen molar-refractivity contribution in [3.05, 3.63) is 63.0 Å². The van der Waals surface area contributed by atoms with Crippen molar-refractivity contribution in [2.24, 2.45) is 0 Å². The quantitative estimate of drug-likeness (QED) is 0.442. The van der Waals surface area contributed by atoms with Gasteiger partial charge in [-0.15, -0.1) is 0 Å². The predicted molar refractivity (Wildman–Crippen MR) is 139 cm³/mol. The van der Waals surface area contributed by atoms with Gasteiger partial charge in [0.25, 0.3) is 5.91 Å². The molecule has 1 aliphatic heterocycles. The number of hydrogen-bond acceptors (Lipinski definition) is 5. The highest BCUT2D eigenvalue weighted by Crippen LogP contribution is 2.34. The average molecular weight is 553 g/mol. The minimum absolute atomic E-state index is 0.0712. The van der Waals surface area contributed by atoms with Crippen molar-refractivity contribution >= 4 is 50.0 Å². The molecule has 0 bridgehead atoms. The fraction of sp³-hybridized carbons (Fsp3) is 0.440. The second-order valence-corrected chi connectivity index (χ2v) is 12.5. The number of aromatic nitrogens is 2. The molecular weight excluding hydrogens is 526 g/mol. The highest BCUT2D eigenvalue weighted by Gasteiger charge is 2.37. The van der Waals surface area contributed by atoms with E-state index in [1.165, 1.54) is 12.1 Å². The van der Waals surface area contributed by atoms with Gasteiger partial charge in [0.05, 0.1) is 28.1 Å². The van der Waals surface area contributed by atoms with E-state index in [1.807, 2.05) is 21.5 Å². The molecule has 7 nitrogen and oxygen atoms in total. The molecule has 0 unspecified atom stereocenters. The summed E-state index contributed by atoms with van der Waals surface area (Å²) in [6, 6.07) is 8.49. The van der Waals surface area contributed by atoms with Crippen LogP contribution >= 0.6 is 23.2 Å². The van der Waals surface area contributed by atoms with Crippen molar-refractivity contribution in [2.75, 3.05) is 13.1 Å². The van der Waals surface area contributed by atoms with Crippen molar-refractivity contribution in [1.29, 1.82) is 0 Å². The molecule has 0 spiro atoms. The average Bonchev–Trinajstić information content (AvgIpc) is 3.63. The maximum atomic E-state index is 15.0. The zero-order chi connectivity index (χ0) is 25.8. The lowest BCUT2D eigenvalue weighted by atomic mass is 10.00. The zero-order valence-corrected chi connectivity index (χ0v) is 22.3. The number of benzene rings is 2. The number of piperidine rings is 1. The molecule has 2 aromatic carbocycles. The first kappa shape index (κ1) is 25.4. The topological polar surface area (TPSA) is 84.3 Å². The Bertz CT molecular complexity index is 1430. The number of hydrogen-bond donors (Lipinski definition) is 1. The van der Waals surface area contributed by atoms with Gasteiger partial charge in [0.1, 0.15) is 5.82 Å². The van der Waals surface area contributed by atoms with Gasteiger partial charge >= 0.3 is 0 Å². The maximum absolute atomic E-state index is 15.0. The Kier molecular flexibility index (Phi) is 6.78. The normalized spacial score (nSPS) is 18.5. The lowest BCUT2D eigenvalue weighted by molar-refractivity contribution is 0.0977. The molecule has 1 amide bonds. The Hall–Kier alpha value is -2.20. The number of rotatable bonds is 6. The second kappa shape index (κ2) is 9.59. The van der Waals surface area contributed by atoms with E-state index in [-0.39, 0.29) is 17.6 Å². The lowest BCUT2D eigenvalue weighted by Gasteiger charge is -2.36. The summed E-state index contributed by atoms with van der Waals surface area (Å²) in [5.41, 5.74) is 2.02. The first-order valence-electron chi connectivity index (χ1n) is 12.0. The van der Waals surface area contributed by atoms with E-state index in [0.717, 1.165) is 31.5 Å². The third-order valence-electron chi connectivity index (χ3n) is 7.18. The number of carbonyl (C=O) groups excluding carboxylic acids is 1. The summed E-state index contributed by atoms with van der Waals surface area (Å²) in [6.07, 6.45) is 2.66. The zero-order valence-electron chi connectivity index (χ0n) is 20.0. The van der Waals surface area contributed by atoms with Crippen molar-refractivity contribution in [2.45, 2.75) is 56.9 Å². The van der Waals surface area contributed by atoms with Crippen LogP contribution in [0.15, 0.2) is 30.3 Å². The Balaban J connectivity index is 1.34. The second-order valence-electron chi connectivity index (χ2n) is 9.70. The smallest absolute Gasteiger partial charge is 0.267 e. The van der Waals surface area contributed by atoms with E-state index in [2.05, 4.69) is 16.9 Å². The van der Waals surface area contributed by atoms with Gasteiger partial charge in [-0.05, 0) is 69.4 Å². The molecule has 1 saturated heterocycles. The van der Waals surface area contributed by atoms with Gasteiger partial charge in [-0.3, -0.25) is 14.4 Å². The van der Waals surface area contributed by atoms with Gasteiger partial charge in [0, 0.05) is 40.6 Å². The van der Waals surface area contributed by atoms with Crippen LogP contribution < -0.4 is 4.72 Å². The Morgan fingerprint density at radius 3 is 2.33 bits per heavy atom. The van der Waals surface area contributed by atoms with Crippen LogP contribution in [-0.2, 0) is 10.0 Å². The van der Waals surface area contributed by atoms with Crippen LogP contribution in [0.4, 0.5) is 4.39 Å². The van der Waals surface area contributed by atoms with Gasteiger partial charge in [0.15, 0.2) is 0 Å². The van der Waals surface area contributed by atoms with E-state index in [0.29, 0.717) is 39.5 Å². The van der Waals surface area contributed by atoms with Gasteiger partial charge in [-0.25, -0.2) is 17.5 Å². The van der Waals surface area contributed by atoms with Gasteiger partial charge in [0.2, 0.25) is 10.0 Å². The number of amides is 1. The number of likely N-dealkylation sites (tertiary alicyclic amines) is 1. The molecule has 3 aromatic rings. The fourth-order valence-electron chi connectivity index (χ4n) is 4.95. The third kappa shape index (κ3) is 4.98. The Morgan fingerprint density at radius 2 is 1.72 bits per heavy atom. The molecule has 1 aliphatic carbocycles.